The van der Waals surface area contributed by atoms with E-state index in [1.165, 1.54) is 25.7 Å². The van der Waals surface area contributed by atoms with Crippen LogP contribution in [0.15, 0.2) is 0 Å². The summed E-state index contributed by atoms with van der Waals surface area (Å²) in [5, 5.41) is 0. The number of hydrogen-bond acceptors (Lipinski definition) is 0. The van der Waals surface area contributed by atoms with Gasteiger partial charge in [0.05, 0.1) is 0 Å². The van der Waals surface area contributed by atoms with Crippen LogP contribution in [0, 0.1) is 10.8 Å². The van der Waals surface area contributed by atoms with E-state index < -0.39 is 0 Å². The lowest BCUT2D eigenvalue weighted by Gasteiger charge is -2.34. The normalized spacial score (nSPS) is 17.5. The molecule has 12 heavy (non-hydrogen) atoms. The van der Waals surface area contributed by atoms with Crippen molar-refractivity contribution in [1.29, 1.82) is 0 Å². The molecule has 0 rings (SSSR count). The van der Waals surface area contributed by atoms with Crippen molar-refractivity contribution in [3.8, 4) is 0 Å². The molecule has 74 valence electrons. The second-order valence-corrected chi connectivity index (χ2v) is 5.65. The van der Waals surface area contributed by atoms with E-state index in [0.717, 1.165) is 0 Å². The minimum Gasteiger partial charge on any atom is -0.0654 e. The molecule has 0 aliphatic carbocycles. The third-order valence-corrected chi connectivity index (χ3v) is 2.66. The molecule has 0 heterocycles. The Labute approximate surface area is 78.8 Å². The summed E-state index contributed by atoms with van der Waals surface area (Å²) in [6.07, 6.45) is 5.36. The van der Waals surface area contributed by atoms with Crippen LogP contribution in [0.5, 0.6) is 0 Å². The Balaban J connectivity index is 4.14. The van der Waals surface area contributed by atoms with Gasteiger partial charge in [0.25, 0.3) is 0 Å². The molecule has 0 aliphatic heterocycles. The number of rotatable bonds is 4. The first-order valence-electron chi connectivity index (χ1n) is 5.33. The molecule has 1 atom stereocenters. The molecule has 0 saturated heterocycles. The monoisotopic (exact) mass is 170 g/mol. The molecule has 0 heteroatoms. The van der Waals surface area contributed by atoms with Crippen molar-refractivity contribution in [2.24, 2.45) is 10.8 Å². The molecule has 0 nitrogen and oxygen atoms in total. The summed E-state index contributed by atoms with van der Waals surface area (Å²) in [4.78, 5) is 0. The Morgan fingerprint density at radius 1 is 0.917 bits per heavy atom. The molecule has 0 bridgehead atoms. The van der Waals surface area contributed by atoms with E-state index in [1.807, 2.05) is 0 Å². The van der Waals surface area contributed by atoms with Crippen molar-refractivity contribution in [2.45, 2.75) is 67.2 Å². The maximum absolute atomic E-state index is 2.43. The lowest BCUT2D eigenvalue weighted by molar-refractivity contribution is 0.169. The third kappa shape index (κ3) is 4.79. The highest BCUT2D eigenvalue weighted by molar-refractivity contribution is 4.78. The van der Waals surface area contributed by atoms with Crippen molar-refractivity contribution in [1.82, 2.24) is 0 Å². The summed E-state index contributed by atoms with van der Waals surface area (Å²) in [5.74, 6) is 0. The lowest BCUT2D eigenvalue weighted by Crippen LogP contribution is -2.22. The average molecular weight is 170 g/mol. The van der Waals surface area contributed by atoms with Gasteiger partial charge >= 0.3 is 0 Å². The molecule has 0 aromatic rings. The van der Waals surface area contributed by atoms with E-state index in [-0.39, 0.29) is 0 Å². The fourth-order valence-corrected chi connectivity index (χ4v) is 2.27. The van der Waals surface area contributed by atoms with Crippen molar-refractivity contribution in [3.63, 3.8) is 0 Å². The van der Waals surface area contributed by atoms with Crippen LogP contribution in [0.4, 0.5) is 0 Å². The molecule has 1 unspecified atom stereocenters. The maximum atomic E-state index is 2.43. The standard InChI is InChI=1S/C12H26/c1-7-9-12(6,8-2)10-11(3,4)5/h7-10H2,1-6H3. The summed E-state index contributed by atoms with van der Waals surface area (Å²) < 4.78 is 0. The minimum absolute atomic E-state index is 0.486. The van der Waals surface area contributed by atoms with Gasteiger partial charge in [-0.15, -0.1) is 0 Å². The van der Waals surface area contributed by atoms with Gasteiger partial charge < -0.3 is 0 Å². The van der Waals surface area contributed by atoms with Crippen LogP contribution in [-0.4, -0.2) is 0 Å². The predicted octanol–water partition coefficient (Wildman–Crippen LogP) is 4.64. The van der Waals surface area contributed by atoms with E-state index in [4.69, 9.17) is 0 Å². The SMILES string of the molecule is CCCC(C)(CC)CC(C)(C)C. The van der Waals surface area contributed by atoms with Gasteiger partial charge in [-0.25, -0.2) is 0 Å². The summed E-state index contributed by atoms with van der Waals surface area (Å²) in [5.41, 5.74) is 1.06. The van der Waals surface area contributed by atoms with Crippen molar-refractivity contribution < 1.29 is 0 Å². The number of hydrogen-bond donors (Lipinski definition) is 0. The molecule has 0 fully saturated rings. The van der Waals surface area contributed by atoms with Gasteiger partial charge in [0.15, 0.2) is 0 Å². The van der Waals surface area contributed by atoms with Gasteiger partial charge in [-0.2, -0.15) is 0 Å². The Bertz CT molecular complexity index is 118. The zero-order valence-corrected chi connectivity index (χ0v) is 9.83. The van der Waals surface area contributed by atoms with Crippen LogP contribution in [0.2, 0.25) is 0 Å². The quantitative estimate of drug-likeness (QED) is 0.576. The highest BCUT2D eigenvalue weighted by Crippen LogP contribution is 2.39. The van der Waals surface area contributed by atoms with E-state index in [0.29, 0.717) is 10.8 Å². The highest BCUT2D eigenvalue weighted by atomic mass is 14.3. The van der Waals surface area contributed by atoms with Crippen LogP contribution >= 0.6 is 0 Å². The van der Waals surface area contributed by atoms with E-state index in [9.17, 15) is 0 Å². The van der Waals surface area contributed by atoms with Gasteiger partial charge in [-0.05, 0) is 23.7 Å². The second-order valence-electron chi connectivity index (χ2n) is 5.65. The zero-order valence-electron chi connectivity index (χ0n) is 9.83. The van der Waals surface area contributed by atoms with Gasteiger partial charge in [0.1, 0.15) is 0 Å². The molecule has 0 radical (unpaired) electrons. The highest BCUT2D eigenvalue weighted by Gasteiger charge is 2.27. The molecule has 0 saturated carbocycles. The molecule has 0 aromatic carbocycles. The summed E-state index contributed by atoms with van der Waals surface area (Å²) in [7, 11) is 0. The van der Waals surface area contributed by atoms with Crippen LogP contribution in [0.3, 0.4) is 0 Å². The first kappa shape index (κ1) is 12.0. The fraction of sp³-hybridized carbons (Fsp3) is 1.00. The van der Waals surface area contributed by atoms with E-state index in [1.54, 1.807) is 0 Å². The van der Waals surface area contributed by atoms with Crippen molar-refractivity contribution in [3.05, 3.63) is 0 Å². The van der Waals surface area contributed by atoms with Gasteiger partial charge in [0, 0.05) is 0 Å². The van der Waals surface area contributed by atoms with E-state index >= 15 is 0 Å². The summed E-state index contributed by atoms with van der Waals surface area (Å²) >= 11 is 0. The molecular weight excluding hydrogens is 144 g/mol. The zero-order chi connectivity index (χ0) is 9.83. The molecule has 0 spiro atoms. The smallest absolute Gasteiger partial charge is 0.0324 e. The van der Waals surface area contributed by atoms with Gasteiger partial charge in [-0.1, -0.05) is 54.4 Å². The Hall–Kier alpha value is 0. The summed E-state index contributed by atoms with van der Waals surface area (Å²) in [6.45, 7) is 14.1. The Kier molecular flexibility index (Phi) is 4.30. The first-order valence-corrected chi connectivity index (χ1v) is 5.33. The lowest BCUT2D eigenvalue weighted by atomic mass is 9.71. The Morgan fingerprint density at radius 2 is 1.42 bits per heavy atom. The second kappa shape index (κ2) is 4.30. The maximum Gasteiger partial charge on any atom is -0.0324 e. The molecule has 0 N–H and O–H groups in total. The molecular formula is C12H26. The van der Waals surface area contributed by atoms with Crippen molar-refractivity contribution >= 4 is 0 Å². The fourth-order valence-electron chi connectivity index (χ4n) is 2.27. The first-order chi connectivity index (χ1) is 5.33. The average Bonchev–Trinajstić information content (AvgIpc) is 1.84. The largest absolute Gasteiger partial charge is 0.0654 e. The Morgan fingerprint density at radius 3 is 1.67 bits per heavy atom. The van der Waals surface area contributed by atoms with Gasteiger partial charge in [0.2, 0.25) is 0 Å². The third-order valence-electron chi connectivity index (χ3n) is 2.66. The topological polar surface area (TPSA) is 0 Å². The predicted molar refractivity (Wildman–Crippen MR) is 57.4 cm³/mol. The molecule has 0 aliphatic rings. The van der Waals surface area contributed by atoms with E-state index in [2.05, 4.69) is 41.5 Å². The molecule has 0 amide bonds. The van der Waals surface area contributed by atoms with Crippen LogP contribution < -0.4 is 0 Å². The van der Waals surface area contributed by atoms with Crippen LogP contribution in [0.1, 0.15) is 67.2 Å². The minimum atomic E-state index is 0.486. The van der Waals surface area contributed by atoms with Crippen molar-refractivity contribution in [2.75, 3.05) is 0 Å². The van der Waals surface area contributed by atoms with Crippen LogP contribution in [0.25, 0.3) is 0 Å². The summed E-state index contributed by atoms with van der Waals surface area (Å²) in [6, 6.07) is 0. The molecule has 0 aromatic heterocycles. The van der Waals surface area contributed by atoms with Gasteiger partial charge in [-0.3, -0.25) is 0 Å². The van der Waals surface area contributed by atoms with Crippen LogP contribution in [-0.2, 0) is 0 Å².